The van der Waals surface area contributed by atoms with Crippen molar-refractivity contribution in [2.24, 2.45) is 11.8 Å². The second-order valence-electron chi connectivity index (χ2n) is 19.6. The molecule has 398 valence electrons. The number of allylic oxidation sites excluding steroid dienone is 4. The zero-order valence-corrected chi connectivity index (χ0v) is 43.1. The standard InChI is InChI=1S/C53H78O18/c1-13-17-34-24-36(55)25-38(57)40(34)50(63)68-45-32(9)66-52(46(64-12)43(45)60)65-26-35-18-15-16-19-37(56)29(6)23-33(14-2)44(30(7)22-28(5)20-21-39(31(8)54)67-49(35)62)69-51-42(59)41(58)47(53(10,11)71-51)70-48(61)27(3)4/h15-16,18,20,22-25,27,31-33,37,39,41-47,51-52,54-60H,13-14,17,19,21,26H2,1-12H3/b16-15+,28-20+,29-23+,30-22+,35-18+/t31-,32-,33+,37+,39+,41-,42+,43+,44+,45-,46+,47+,51-,52-/m1/s1. The van der Waals surface area contributed by atoms with Gasteiger partial charge in [0.15, 0.2) is 24.8 Å². The molecule has 0 unspecified atom stereocenters. The number of esters is 3. The molecule has 2 saturated heterocycles. The van der Waals surface area contributed by atoms with E-state index in [0.717, 1.165) is 6.07 Å². The summed E-state index contributed by atoms with van der Waals surface area (Å²) in [5.41, 5.74) is 0.934. The Labute approximate surface area is 417 Å². The summed E-state index contributed by atoms with van der Waals surface area (Å²) in [4.78, 5) is 39.9. The van der Waals surface area contributed by atoms with Gasteiger partial charge in [-0.25, -0.2) is 9.59 Å². The molecule has 18 heteroatoms. The molecule has 0 amide bonds. The van der Waals surface area contributed by atoms with E-state index in [2.05, 4.69) is 0 Å². The maximum atomic E-state index is 13.9. The van der Waals surface area contributed by atoms with Crippen LogP contribution in [0.15, 0.2) is 70.9 Å². The minimum atomic E-state index is -1.60. The van der Waals surface area contributed by atoms with Crippen LogP contribution in [0.3, 0.4) is 0 Å². The van der Waals surface area contributed by atoms with Crippen LogP contribution < -0.4 is 0 Å². The van der Waals surface area contributed by atoms with Crippen molar-refractivity contribution >= 4 is 17.9 Å². The molecule has 0 saturated carbocycles. The number of benzene rings is 1. The third kappa shape index (κ3) is 15.5. The number of aliphatic hydroxyl groups excluding tert-OH is 5. The summed E-state index contributed by atoms with van der Waals surface area (Å²) in [5.74, 6) is -3.91. The van der Waals surface area contributed by atoms with Crippen LogP contribution >= 0.6 is 0 Å². The average Bonchev–Trinajstić information content (AvgIpc) is 3.29. The van der Waals surface area contributed by atoms with Gasteiger partial charge in [0.1, 0.15) is 53.2 Å². The fourth-order valence-corrected chi connectivity index (χ4v) is 8.71. The first kappa shape index (κ1) is 59.1. The second-order valence-corrected chi connectivity index (χ2v) is 19.6. The van der Waals surface area contributed by atoms with Gasteiger partial charge >= 0.3 is 17.9 Å². The number of methoxy groups -OCH3 is 1. The molecule has 2 fully saturated rings. The van der Waals surface area contributed by atoms with Crippen molar-refractivity contribution in [2.45, 2.75) is 194 Å². The summed E-state index contributed by atoms with van der Waals surface area (Å²) in [6.45, 7) is 18.4. The van der Waals surface area contributed by atoms with Crippen molar-refractivity contribution in [3.8, 4) is 11.5 Å². The predicted molar refractivity (Wildman–Crippen MR) is 260 cm³/mol. The molecular formula is C53H78O18. The Morgan fingerprint density at radius 1 is 0.915 bits per heavy atom. The number of carbonyl (C=O) groups excluding carboxylic acids is 3. The van der Waals surface area contributed by atoms with Crippen LogP contribution in [0.4, 0.5) is 0 Å². The molecule has 0 aliphatic carbocycles. The van der Waals surface area contributed by atoms with Crippen LogP contribution in [0.5, 0.6) is 11.5 Å². The lowest BCUT2D eigenvalue weighted by Gasteiger charge is -2.47. The van der Waals surface area contributed by atoms with E-state index in [4.69, 9.17) is 37.9 Å². The lowest BCUT2D eigenvalue weighted by Crippen LogP contribution is -2.64. The van der Waals surface area contributed by atoms with Crippen LogP contribution in [0.25, 0.3) is 0 Å². The normalized spacial score (nSPS) is 35.1. The number of ether oxygens (including phenoxy) is 8. The highest BCUT2D eigenvalue weighted by molar-refractivity contribution is 5.94. The molecule has 3 aliphatic heterocycles. The Morgan fingerprint density at radius 2 is 1.61 bits per heavy atom. The van der Waals surface area contributed by atoms with E-state index in [1.54, 1.807) is 59.8 Å². The molecule has 1 aromatic rings. The van der Waals surface area contributed by atoms with E-state index in [1.807, 2.05) is 39.8 Å². The zero-order valence-electron chi connectivity index (χ0n) is 43.1. The van der Waals surface area contributed by atoms with Gasteiger partial charge in [-0.3, -0.25) is 4.79 Å². The highest BCUT2D eigenvalue weighted by Gasteiger charge is 2.53. The molecule has 71 heavy (non-hydrogen) atoms. The Morgan fingerprint density at radius 3 is 2.23 bits per heavy atom. The number of aryl methyl sites for hydroxylation is 1. The molecule has 4 rings (SSSR count). The van der Waals surface area contributed by atoms with Gasteiger partial charge in [-0.1, -0.05) is 70.1 Å². The first-order valence-electron chi connectivity index (χ1n) is 24.4. The fourth-order valence-electron chi connectivity index (χ4n) is 8.71. The van der Waals surface area contributed by atoms with Gasteiger partial charge in [-0.05, 0) is 96.6 Å². The van der Waals surface area contributed by atoms with Gasteiger partial charge in [-0.15, -0.1) is 0 Å². The topological polar surface area (TPSA) is 267 Å². The van der Waals surface area contributed by atoms with Crippen molar-refractivity contribution in [3.05, 3.63) is 82.0 Å². The second kappa shape index (κ2) is 26.5. The summed E-state index contributed by atoms with van der Waals surface area (Å²) in [6, 6.07) is 2.39. The van der Waals surface area contributed by atoms with Crippen molar-refractivity contribution in [1.29, 1.82) is 0 Å². The summed E-state index contributed by atoms with van der Waals surface area (Å²) in [5, 5.41) is 76.9. The molecule has 0 aromatic heterocycles. The molecule has 14 atom stereocenters. The quantitative estimate of drug-likeness (QED) is 0.0706. The molecule has 18 nitrogen and oxygen atoms in total. The molecule has 7 N–H and O–H groups in total. The third-order valence-electron chi connectivity index (χ3n) is 12.9. The molecule has 3 heterocycles. The monoisotopic (exact) mass is 1000 g/mol. The van der Waals surface area contributed by atoms with Gasteiger partial charge < -0.3 is 73.6 Å². The number of hydrogen-bond acceptors (Lipinski definition) is 18. The summed E-state index contributed by atoms with van der Waals surface area (Å²) in [6.07, 6.45) is -4.04. The van der Waals surface area contributed by atoms with Crippen LogP contribution in [0.1, 0.15) is 118 Å². The lowest BCUT2D eigenvalue weighted by atomic mass is 9.88. The van der Waals surface area contributed by atoms with Crippen molar-refractivity contribution in [2.75, 3.05) is 13.7 Å². The number of aliphatic hydroxyl groups is 5. The summed E-state index contributed by atoms with van der Waals surface area (Å²) in [7, 11) is 1.29. The smallest absolute Gasteiger partial charge is 0.342 e. The molecule has 1 aromatic carbocycles. The highest BCUT2D eigenvalue weighted by Crippen LogP contribution is 2.37. The van der Waals surface area contributed by atoms with E-state index >= 15 is 0 Å². The molecular weight excluding hydrogens is 925 g/mol. The van der Waals surface area contributed by atoms with Gasteiger partial charge in [0.2, 0.25) is 0 Å². The Kier molecular flexibility index (Phi) is 22.0. The van der Waals surface area contributed by atoms with Gasteiger partial charge in [0.25, 0.3) is 0 Å². The van der Waals surface area contributed by atoms with Gasteiger partial charge in [0.05, 0.1) is 42.5 Å². The Balaban J connectivity index is 1.60. The minimum absolute atomic E-state index is 0.0116. The van der Waals surface area contributed by atoms with Crippen LogP contribution in [0, 0.1) is 11.8 Å². The van der Waals surface area contributed by atoms with Crippen molar-refractivity contribution in [1.82, 2.24) is 0 Å². The molecule has 0 spiro atoms. The van der Waals surface area contributed by atoms with Crippen LogP contribution in [0.2, 0.25) is 0 Å². The number of hydrogen-bond donors (Lipinski definition) is 7. The van der Waals surface area contributed by atoms with Crippen LogP contribution in [-0.4, -0.2) is 153 Å². The van der Waals surface area contributed by atoms with E-state index in [1.165, 1.54) is 26.2 Å². The number of cyclic esters (lactones) is 1. The molecule has 0 radical (unpaired) electrons. The first-order chi connectivity index (χ1) is 33.3. The predicted octanol–water partition coefficient (Wildman–Crippen LogP) is 5.32. The maximum Gasteiger partial charge on any atom is 0.342 e. The first-order valence-corrected chi connectivity index (χ1v) is 24.4. The van der Waals surface area contributed by atoms with Crippen LogP contribution in [-0.2, 0) is 53.9 Å². The number of aromatic hydroxyl groups is 2. The number of phenols is 2. The van der Waals surface area contributed by atoms with E-state index in [0.29, 0.717) is 41.5 Å². The lowest BCUT2D eigenvalue weighted by molar-refractivity contribution is -0.333. The largest absolute Gasteiger partial charge is 0.508 e. The summed E-state index contributed by atoms with van der Waals surface area (Å²) >= 11 is 0. The van der Waals surface area contributed by atoms with E-state index < -0.39 is 122 Å². The number of carbonyl (C=O) groups is 3. The summed E-state index contributed by atoms with van der Waals surface area (Å²) < 4.78 is 47.6. The molecule has 0 bridgehead atoms. The third-order valence-corrected chi connectivity index (χ3v) is 12.9. The SMILES string of the molecule is CCCc1cc(O)cc(O)c1C(=O)O[C@H]1[C@H](O)[C@H](OC)[C@H](OC/C2=C\C=C\C[C@H](O)/C(C)=C/[C@H](CC)[C@@H](O[C@@H]3OC(C)(C)[C@@H](OC(=O)C(C)C)[C@H](O)[C@@H]3O)/C(C)=C/C(C)=C/C[C@@H]([C@@H](C)O)OC2=O)O[C@@H]1C. The Hall–Kier alpha value is -4.47. The molecule has 3 aliphatic rings. The van der Waals surface area contributed by atoms with E-state index in [-0.39, 0.29) is 35.6 Å². The highest BCUT2D eigenvalue weighted by atomic mass is 16.7. The maximum absolute atomic E-state index is 13.9. The number of rotatable bonds is 14. The zero-order chi connectivity index (χ0) is 53.1. The minimum Gasteiger partial charge on any atom is -0.508 e. The number of phenolic OH excluding ortho intramolecular Hbond substituents is 2. The van der Waals surface area contributed by atoms with Crippen molar-refractivity contribution < 1.29 is 88.0 Å². The Bertz CT molecular complexity index is 2120. The van der Waals surface area contributed by atoms with Gasteiger partial charge in [-0.2, -0.15) is 0 Å². The van der Waals surface area contributed by atoms with Gasteiger partial charge in [0, 0.05) is 25.5 Å². The average molecular weight is 1000 g/mol. The van der Waals surface area contributed by atoms with E-state index in [9.17, 15) is 50.1 Å². The fraction of sp³-hybridized carbons (Fsp3) is 0.642. The van der Waals surface area contributed by atoms with Crippen molar-refractivity contribution in [3.63, 3.8) is 0 Å².